The number of hydrogen-bond acceptors (Lipinski definition) is 2. The van der Waals surface area contributed by atoms with Crippen LogP contribution >= 0.6 is 22.6 Å². The maximum absolute atomic E-state index is 9.45. The average Bonchev–Trinajstić information content (AvgIpc) is 2.08. The first kappa shape index (κ1) is 10.6. The Morgan fingerprint density at radius 2 is 2.00 bits per heavy atom. The summed E-state index contributed by atoms with van der Waals surface area (Å²) in [6, 6.07) is 3.62. The van der Waals surface area contributed by atoms with E-state index in [1.165, 1.54) is 0 Å². The van der Waals surface area contributed by atoms with Crippen molar-refractivity contribution in [2.45, 2.75) is 19.8 Å². The Hall–Kier alpha value is -0.450. The van der Waals surface area contributed by atoms with Crippen molar-refractivity contribution in [2.75, 3.05) is 7.11 Å². The zero-order valence-corrected chi connectivity index (χ0v) is 10.1. The van der Waals surface area contributed by atoms with E-state index in [9.17, 15) is 5.11 Å². The van der Waals surface area contributed by atoms with E-state index in [0.29, 0.717) is 5.92 Å². The first-order valence-electron chi connectivity index (χ1n) is 4.12. The molecule has 0 fully saturated rings. The molecule has 72 valence electrons. The van der Waals surface area contributed by atoms with E-state index in [2.05, 4.69) is 36.4 Å². The van der Waals surface area contributed by atoms with E-state index in [0.717, 1.165) is 14.9 Å². The molecule has 0 aliphatic heterocycles. The molecule has 0 aliphatic carbocycles. The lowest BCUT2D eigenvalue weighted by atomic mass is 10.0. The number of methoxy groups -OCH3 is 1. The number of aromatic hydroxyl groups is 1. The quantitative estimate of drug-likeness (QED) is 0.849. The van der Waals surface area contributed by atoms with E-state index in [1.807, 2.05) is 6.07 Å². The van der Waals surface area contributed by atoms with Crippen LogP contribution in [0.5, 0.6) is 11.5 Å². The standard InChI is InChI=1S/C10H13IO2/c1-6(2)7-4-8(11)9(12)5-10(7)13-3/h4-6,12H,1-3H3. The van der Waals surface area contributed by atoms with E-state index < -0.39 is 0 Å². The van der Waals surface area contributed by atoms with Gasteiger partial charge in [0.1, 0.15) is 11.5 Å². The molecule has 0 atom stereocenters. The fourth-order valence-electron chi connectivity index (χ4n) is 1.19. The smallest absolute Gasteiger partial charge is 0.132 e. The Balaban J connectivity index is 3.25. The molecule has 3 heteroatoms. The zero-order chi connectivity index (χ0) is 10.0. The second kappa shape index (κ2) is 4.17. The molecule has 0 heterocycles. The van der Waals surface area contributed by atoms with Crippen LogP contribution in [-0.4, -0.2) is 12.2 Å². The third-order valence-corrected chi connectivity index (χ3v) is 2.79. The molecule has 0 radical (unpaired) electrons. The molecule has 0 aromatic heterocycles. The second-order valence-corrected chi connectivity index (χ2v) is 4.36. The van der Waals surface area contributed by atoms with Crippen molar-refractivity contribution in [3.63, 3.8) is 0 Å². The minimum Gasteiger partial charge on any atom is -0.507 e. The van der Waals surface area contributed by atoms with Gasteiger partial charge in [-0.3, -0.25) is 0 Å². The molecule has 1 aromatic carbocycles. The van der Waals surface area contributed by atoms with Crippen LogP contribution in [-0.2, 0) is 0 Å². The average molecular weight is 292 g/mol. The minimum atomic E-state index is 0.279. The van der Waals surface area contributed by atoms with Gasteiger partial charge < -0.3 is 9.84 Å². The third kappa shape index (κ3) is 2.27. The van der Waals surface area contributed by atoms with Crippen molar-refractivity contribution in [1.82, 2.24) is 0 Å². The van der Waals surface area contributed by atoms with E-state index in [1.54, 1.807) is 13.2 Å². The number of phenols is 1. The highest BCUT2D eigenvalue weighted by Gasteiger charge is 2.10. The molecule has 0 amide bonds. The second-order valence-electron chi connectivity index (χ2n) is 3.20. The molecule has 0 saturated heterocycles. The summed E-state index contributed by atoms with van der Waals surface area (Å²) in [7, 11) is 1.62. The van der Waals surface area contributed by atoms with Crippen molar-refractivity contribution >= 4 is 22.6 Å². The molecule has 0 spiro atoms. The van der Waals surface area contributed by atoms with E-state index in [4.69, 9.17) is 4.74 Å². The van der Waals surface area contributed by atoms with Gasteiger partial charge in [0.15, 0.2) is 0 Å². The Kier molecular flexibility index (Phi) is 3.41. The van der Waals surface area contributed by atoms with Crippen LogP contribution in [0.25, 0.3) is 0 Å². The first-order valence-corrected chi connectivity index (χ1v) is 5.20. The summed E-state index contributed by atoms with van der Waals surface area (Å²) in [4.78, 5) is 0. The number of hydrogen-bond donors (Lipinski definition) is 1. The summed E-state index contributed by atoms with van der Waals surface area (Å²) in [5.41, 5.74) is 1.13. The molecular weight excluding hydrogens is 279 g/mol. The zero-order valence-electron chi connectivity index (χ0n) is 7.97. The summed E-state index contributed by atoms with van der Waals surface area (Å²) in [5, 5.41) is 9.45. The lowest BCUT2D eigenvalue weighted by Crippen LogP contribution is -1.95. The van der Waals surface area contributed by atoms with Crippen molar-refractivity contribution < 1.29 is 9.84 Å². The summed E-state index contributed by atoms with van der Waals surface area (Å²) >= 11 is 2.11. The predicted octanol–water partition coefficient (Wildman–Crippen LogP) is 3.13. The number of halogens is 1. The molecule has 0 saturated carbocycles. The molecule has 1 N–H and O–H groups in total. The molecule has 0 bridgehead atoms. The Morgan fingerprint density at radius 3 is 2.46 bits per heavy atom. The van der Waals surface area contributed by atoms with E-state index in [-0.39, 0.29) is 5.75 Å². The number of benzene rings is 1. The van der Waals surface area contributed by atoms with Crippen LogP contribution in [0.15, 0.2) is 12.1 Å². The van der Waals surface area contributed by atoms with Gasteiger partial charge in [-0.25, -0.2) is 0 Å². The Morgan fingerprint density at radius 1 is 1.38 bits per heavy atom. The molecule has 0 aliphatic rings. The molecule has 1 rings (SSSR count). The lowest BCUT2D eigenvalue weighted by Gasteiger charge is -2.12. The highest BCUT2D eigenvalue weighted by Crippen LogP contribution is 2.33. The Labute approximate surface area is 92.1 Å². The monoisotopic (exact) mass is 292 g/mol. The number of phenolic OH excluding ortho intramolecular Hbond substituents is 1. The third-order valence-electron chi connectivity index (χ3n) is 1.92. The van der Waals surface area contributed by atoms with Gasteiger partial charge in [0, 0.05) is 6.07 Å². The van der Waals surface area contributed by atoms with Crippen LogP contribution in [0.2, 0.25) is 0 Å². The summed E-state index contributed by atoms with van der Waals surface area (Å²) < 4.78 is 6.04. The Bertz CT molecular complexity index is 308. The minimum absolute atomic E-state index is 0.279. The topological polar surface area (TPSA) is 29.5 Å². The van der Waals surface area contributed by atoms with Crippen molar-refractivity contribution in [3.8, 4) is 11.5 Å². The van der Waals surface area contributed by atoms with Gasteiger partial charge in [-0.2, -0.15) is 0 Å². The molecule has 1 aromatic rings. The first-order chi connectivity index (χ1) is 6.06. The van der Waals surface area contributed by atoms with Crippen molar-refractivity contribution in [2.24, 2.45) is 0 Å². The lowest BCUT2D eigenvalue weighted by molar-refractivity contribution is 0.400. The molecule has 0 unspecified atom stereocenters. The maximum atomic E-state index is 9.45. The van der Waals surface area contributed by atoms with Crippen LogP contribution < -0.4 is 4.74 Å². The highest BCUT2D eigenvalue weighted by molar-refractivity contribution is 14.1. The summed E-state index contributed by atoms with van der Waals surface area (Å²) in [6.07, 6.45) is 0. The fourth-order valence-corrected chi connectivity index (χ4v) is 1.68. The predicted molar refractivity (Wildman–Crippen MR) is 61.5 cm³/mol. The SMILES string of the molecule is COc1cc(O)c(I)cc1C(C)C. The number of rotatable bonds is 2. The fraction of sp³-hybridized carbons (Fsp3) is 0.400. The highest BCUT2D eigenvalue weighted by atomic mass is 127. The van der Waals surface area contributed by atoms with Crippen molar-refractivity contribution in [3.05, 3.63) is 21.3 Å². The number of ether oxygens (including phenoxy) is 1. The largest absolute Gasteiger partial charge is 0.507 e. The molecular formula is C10H13IO2. The molecule has 13 heavy (non-hydrogen) atoms. The van der Waals surface area contributed by atoms with Gasteiger partial charge in [0.25, 0.3) is 0 Å². The van der Waals surface area contributed by atoms with Gasteiger partial charge in [-0.05, 0) is 40.1 Å². The van der Waals surface area contributed by atoms with Gasteiger partial charge in [-0.1, -0.05) is 13.8 Å². The summed E-state index contributed by atoms with van der Waals surface area (Å²) in [5.74, 6) is 1.44. The van der Waals surface area contributed by atoms with Crippen LogP contribution in [0.3, 0.4) is 0 Å². The summed E-state index contributed by atoms with van der Waals surface area (Å²) in [6.45, 7) is 4.20. The van der Waals surface area contributed by atoms with Crippen molar-refractivity contribution in [1.29, 1.82) is 0 Å². The van der Waals surface area contributed by atoms with Gasteiger partial charge >= 0.3 is 0 Å². The molecule has 2 nitrogen and oxygen atoms in total. The van der Waals surface area contributed by atoms with Gasteiger partial charge in [-0.15, -0.1) is 0 Å². The van der Waals surface area contributed by atoms with Gasteiger partial charge in [0.2, 0.25) is 0 Å². The maximum Gasteiger partial charge on any atom is 0.132 e. The van der Waals surface area contributed by atoms with Crippen LogP contribution in [0, 0.1) is 3.57 Å². The normalized spacial score (nSPS) is 10.5. The van der Waals surface area contributed by atoms with Crippen LogP contribution in [0.1, 0.15) is 25.3 Å². The van der Waals surface area contributed by atoms with Crippen LogP contribution in [0.4, 0.5) is 0 Å². The van der Waals surface area contributed by atoms with Gasteiger partial charge in [0.05, 0.1) is 10.7 Å². The van der Waals surface area contributed by atoms with E-state index >= 15 is 0 Å².